The summed E-state index contributed by atoms with van der Waals surface area (Å²) in [6.45, 7) is 0. The van der Waals surface area contributed by atoms with Gasteiger partial charge in [0.2, 0.25) is 5.82 Å². The van der Waals surface area contributed by atoms with Crippen LogP contribution >= 0.6 is 12.2 Å². The molecule has 0 fully saturated rings. The van der Waals surface area contributed by atoms with E-state index in [-0.39, 0.29) is 10.5 Å². The number of hydrogen-bond acceptors (Lipinski definition) is 2. The Morgan fingerprint density at radius 3 is 2.29 bits per heavy atom. The molecule has 90 valence electrons. The van der Waals surface area contributed by atoms with Crippen LogP contribution in [0.1, 0.15) is 5.82 Å². The second kappa shape index (κ2) is 3.95. The van der Waals surface area contributed by atoms with Crippen LogP contribution < -0.4 is 0 Å². The fourth-order valence-corrected chi connectivity index (χ4v) is 1.55. The summed E-state index contributed by atoms with van der Waals surface area (Å²) in [5.74, 6) is -1.72. The summed E-state index contributed by atoms with van der Waals surface area (Å²) in [5, 5.41) is 5.17. The van der Waals surface area contributed by atoms with Crippen molar-refractivity contribution in [3.05, 3.63) is 40.7 Å². The van der Waals surface area contributed by atoms with Crippen LogP contribution in [0.15, 0.2) is 24.3 Å². The highest BCUT2D eigenvalue weighted by Crippen LogP contribution is 2.29. The van der Waals surface area contributed by atoms with Crippen molar-refractivity contribution in [3.63, 3.8) is 0 Å². The van der Waals surface area contributed by atoms with Crippen molar-refractivity contribution in [1.29, 1.82) is 0 Å². The van der Waals surface area contributed by atoms with E-state index in [2.05, 4.69) is 10.2 Å². The average molecular weight is 263 g/mol. The van der Waals surface area contributed by atoms with E-state index >= 15 is 0 Å². The third-order valence-corrected chi connectivity index (χ3v) is 2.28. The van der Waals surface area contributed by atoms with E-state index in [1.54, 1.807) is 0 Å². The molecule has 0 aliphatic rings. The van der Waals surface area contributed by atoms with Crippen LogP contribution in [0.4, 0.5) is 17.6 Å². The summed E-state index contributed by atoms with van der Waals surface area (Å²) in [6.07, 6.45) is -4.64. The minimum Gasteiger partial charge on any atom is -0.264 e. The van der Waals surface area contributed by atoms with E-state index in [1.807, 2.05) is 0 Å². The van der Waals surface area contributed by atoms with E-state index in [0.717, 1.165) is 12.1 Å². The van der Waals surface area contributed by atoms with Gasteiger partial charge < -0.3 is 0 Å². The second-order valence-corrected chi connectivity index (χ2v) is 3.55. The highest BCUT2D eigenvalue weighted by atomic mass is 32.1. The molecule has 0 aliphatic carbocycles. The zero-order valence-corrected chi connectivity index (χ0v) is 8.94. The molecule has 2 aromatic rings. The molecule has 0 radical (unpaired) electrons. The van der Waals surface area contributed by atoms with Gasteiger partial charge in [-0.2, -0.15) is 13.2 Å². The Bertz CT molecular complexity index is 582. The van der Waals surface area contributed by atoms with Crippen LogP contribution in [0.25, 0.3) is 5.69 Å². The van der Waals surface area contributed by atoms with E-state index < -0.39 is 17.8 Å². The minimum absolute atomic E-state index is 0.0949. The first kappa shape index (κ1) is 11.8. The quantitative estimate of drug-likeness (QED) is 0.633. The first-order valence-electron chi connectivity index (χ1n) is 4.40. The lowest BCUT2D eigenvalue weighted by Gasteiger charge is -2.08. The van der Waals surface area contributed by atoms with E-state index in [4.69, 9.17) is 12.2 Å². The van der Waals surface area contributed by atoms with Crippen LogP contribution in [0.5, 0.6) is 0 Å². The molecule has 8 heteroatoms. The average Bonchev–Trinajstić information content (AvgIpc) is 2.61. The molecule has 0 unspecified atom stereocenters. The number of halogens is 4. The lowest BCUT2D eigenvalue weighted by molar-refractivity contribution is -0.146. The molecule has 2 rings (SSSR count). The topological polar surface area (TPSA) is 33.6 Å². The number of aromatic amines is 1. The van der Waals surface area contributed by atoms with Crippen molar-refractivity contribution >= 4 is 12.2 Å². The second-order valence-electron chi connectivity index (χ2n) is 3.16. The molecule has 0 bridgehead atoms. The smallest absolute Gasteiger partial charge is 0.264 e. The maximum absolute atomic E-state index is 12.7. The SMILES string of the molecule is Fc1ccc(-n2c(C(F)(F)F)n[nH]c2=S)cc1. The van der Waals surface area contributed by atoms with Crippen molar-refractivity contribution in [2.75, 3.05) is 0 Å². The Kier molecular flexibility index (Phi) is 2.74. The van der Waals surface area contributed by atoms with Crippen molar-refractivity contribution in [3.8, 4) is 5.69 Å². The molecule has 0 amide bonds. The molecule has 1 N–H and O–H groups in total. The lowest BCUT2D eigenvalue weighted by atomic mass is 10.3. The van der Waals surface area contributed by atoms with Crippen LogP contribution in [0.3, 0.4) is 0 Å². The van der Waals surface area contributed by atoms with Gasteiger partial charge in [0.1, 0.15) is 5.82 Å². The van der Waals surface area contributed by atoms with Crippen LogP contribution in [0.2, 0.25) is 0 Å². The number of rotatable bonds is 1. The highest BCUT2D eigenvalue weighted by molar-refractivity contribution is 7.71. The molecule has 0 atom stereocenters. The van der Waals surface area contributed by atoms with Crippen LogP contribution in [0, 0.1) is 10.6 Å². The molecule has 1 aromatic carbocycles. The van der Waals surface area contributed by atoms with Crippen molar-refractivity contribution < 1.29 is 17.6 Å². The molecule has 3 nitrogen and oxygen atoms in total. The number of hydrogen-bond donors (Lipinski definition) is 1. The van der Waals surface area contributed by atoms with Gasteiger partial charge >= 0.3 is 6.18 Å². The number of nitrogens with zero attached hydrogens (tertiary/aromatic N) is 2. The number of aromatic nitrogens is 3. The van der Waals surface area contributed by atoms with Crippen molar-refractivity contribution in [1.82, 2.24) is 14.8 Å². The Hall–Kier alpha value is -1.70. The van der Waals surface area contributed by atoms with Gasteiger partial charge in [0.25, 0.3) is 0 Å². The largest absolute Gasteiger partial charge is 0.452 e. The normalized spacial score (nSPS) is 11.8. The Morgan fingerprint density at radius 2 is 1.76 bits per heavy atom. The molecule has 17 heavy (non-hydrogen) atoms. The van der Waals surface area contributed by atoms with Gasteiger partial charge in [-0.1, -0.05) is 0 Å². The third kappa shape index (κ3) is 2.21. The van der Waals surface area contributed by atoms with Gasteiger partial charge in [-0.05, 0) is 36.5 Å². The number of nitrogens with one attached hydrogen (secondary N) is 1. The van der Waals surface area contributed by atoms with Gasteiger partial charge in [-0.3, -0.25) is 9.67 Å². The Labute approximate surface area is 97.7 Å². The number of alkyl halides is 3. The fourth-order valence-electron chi connectivity index (χ4n) is 1.32. The van der Waals surface area contributed by atoms with Gasteiger partial charge in [-0.15, -0.1) is 5.10 Å². The van der Waals surface area contributed by atoms with Gasteiger partial charge in [0.05, 0.1) is 5.69 Å². The molecule has 0 spiro atoms. The van der Waals surface area contributed by atoms with E-state index in [9.17, 15) is 17.6 Å². The first-order chi connectivity index (χ1) is 7.89. The summed E-state index contributed by atoms with van der Waals surface area (Å²) in [4.78, 5) is 0. The zero-order valence-electron chi connectivity index (χ0n) is 8.12. The molecular formula is C9H5F4N3S. The predicted octanol–water partition coefficient (Wildman–Crippen LogP) is 3.09. The monoisotopic (exact) mass is 263 g/mol. The fraction of sp³-hybridized carbons (Fsp3) is 0.111. The zero-order chi connectivity index (χ0) is 12.6. The van der Waals surface area contributed by atoms with Crippen molar-refractivity contribution in [2.45, 2.75) is 6.18 Å². The van der Waals surface area contributed by atoms with E-state index in [0.29, 0.717) is 4.57 Å². The summed E-state index contributed by atoms with van der Waals surface area (Å²) in [6, 6.07) is 4.47. The van der Waals surface area contributed by atoms with Crippen LogP contribution in [-0.4, -0.2) is 14.8 Å². The van der Waals surface area contributed by atoms with Crippen LogP contribution in [-0.2, 0) is 6.18 Å². The van der Waals surface area contributed by atoms with Gasteiger partial charge in [0.15, 0.2) is 4.77 Å². The number of benzene rings is 1. The van der Waals surface area contributed by atoms with E-state index in [1.165, 1.54) is 12.1 Å². The minimum atomic E-state index is -4.64. The third-order valence-electron chi connectivity index (χ3n) is 2.01. The summed E-state index contributed by atoms with van der Waals surface area (Å²) in [7, 11) is 0. The molecule has 1 heterocycles. The summed E-state index contributed by atoms with van der Waals surface area (Å²) in [5.41, 5.74) is 0.0949. The molecule has 1 aromatic heterocycles. The van der Waals surface area contributed by atoms with Crippen molar-refractivity contribution in [2.24, 2.45) is 0 Å². The molecular weight excluding hydrogens is 258 g/mol. The maximum Gasteiger partial charge on any atom is 0.452 e. The molecule has 0 aliphatic heterocycles. The maximum atomic E-state index is 12.7. The highest BCUT2D eigenvalue weighted by Gasteiger charge is 2.37. The molecule has 0 saturated carbocycles. The lowest BCUT2D eigenvalue weighted by Crippen LogP contribution is -2.14. The Morgan fingerprint density at radius 1 is 1.18 bits per heavy atom. The van der Waals surface area contributed by atoms with Gasteiger partial charge in [0, 0.05) is 0 Å². The predicted molar refractivity (Wildman–Crippen MR) is 53.7 cm³/mol. The summed E-state index contributed by atoms with van der Waals surface area (Å²) < 4.78 is 51.0. The standard InChI is InChI=1S/C9H5F4N3S/c10-5-1-3-6(4-2-5)16-7(9(11,12)13)14-15-8(16)17/h1-4H,(H,15,17). The molecule has 0 saturated heterocycles. The summed E-state index contributed by atoms with van der Waals surface area (Å²) >= 11 is 4.71. The van der Waals surface area contributed by atoms with Gasteiger partial charge in [-0.25, -0.2) is 4.39 Å². The first-order valence-corrected chi connectivity index (χ1v) is 4.81. The Balaban J connectivity index is 2.63. The number of H-pyrrole nitrogens is 1.